The van der Waals surface area contributed by atoms with Crippen molar-refractivity contribution in [2.45, 2.75) is 19.9 Å². The number of imide groups is 1. The van der Waals surface area contributed by atoms with Crippen LogP contribution in [0.4, 0.5) is 0 Å². The van der Waals surface area contributed by atoms with Gasteiger partial charge in [0, 0.05) is 30.8 Å². The third-order valence-electron chi connectivity index (χ3n) is 6.53. The van der Waals surface area contributed by atoms with E-state index in [1.54, 1.807) is 0 Å². The molecule has 2 bridgehead atoms. The Balaban J connectivity index is 0.00000231. The van der Waals surface area contributed by atoms with Crippen molar-refractivity contribution in [3.05, 3.63) is 48.2 Å². The molecular weight excluding hydrogens is 505 g/mol. The maximum absolute atomic E-state index is 12.8. The molecule has 2 aliphatic carbocycles. The molecule has 1 aliphatic heterocycles. The van der Waals surface area contributed by atoms with Crippen LogP contribution < -0.4 is 10.6 Å². The maximum Gasteiger partial charge on any atom is 0.233 e. The van der Waals surface area contributed by atoms with E-state index in [2.05, 4.69) is 44.9 Å². The highest BCUT2D eigenvalue weighted by atomic mass is 127. The topological polar surface area (TPSA) is 89.6 Å². The van der Waals surface area contributed by atoms with Gasteiger partial charge in [-0.25, -0.2) is 4.99 Å². The van der Waals surface area contributed by atoms with Gasteiger partial charge in [0.05, 0.1) is 18.4 Å². The Morgan fingerprint density at radius 2 is 1.84 bits per heavy atom. The highest BCUT2D eigenvalue weighted by molar-refractivity contribution is 14.0. The number of para-hydroxylation sites is 1. The number of aliphatic imine (C=N–C) groups is 1. The molecule has 7 nitrogen and oxygen atoms in total. The van der Waals surface area contributed by atoms with E-state index in [4.69, 9.17) is 0 Å². The Hall–Kier alpha value is -2.36. The minimum absolute atomic E-state index is 0. The smallest absolute Gasteiger partial charge is 0.233 e. The van der Waals surface area contributed by atoms with E-state index in [0.717, 1.165) is 24.2 Å². The van der Waals surface area contributed by atoms with Crippen LogP contribution in [-0.4, -0.2) is 47.3 Å². The normalized spacial score (nSPS) is 26.5. The number of carbonyl (C=O) groups excluding carboxylic acids is 2. The van der Waals surface area contributed by atoms with Crippen LogP contribution >= 0.6 is 24.0 Å². The van der Waals surface area contributed by atoms with Crippen LogP contribution in [0.1, 0.15) is 19.0 Å². The number of nitrogens with zero attached hydrogens (tertiary/aromatic N) is 2. The zero-order chi connectivity index (χ0) is 20.7. The molecule has 1 saturated heterocycles. The molecule has 3 aliphatic rings. The number of likely N-dealkylation sites (tertiary alicyclic amines) is 1. The van der Waals surface area contributed by atoms with Gasteiger partial charge in [-0.2, -0.15) is 0 Å². The Labute approximate surface area is 198 Å². The Morgan fingerprint density at radius 1 is 1.13 bits per heavy atom. The number of benzene rings is 1. The zero-order valence-corrected chi connectivity index (χ0v) is 19.8. The molecule has 1 aromatic carbocycles. The van der Waals surface area contributed by atoms with Crippen molar-refractivity contribution in [3.8, 4) is 0 Å². The van der Waals surface area contributed by atoms with Crippen molar-refractivity contribution in [2.75, 3.05) is 19.6 Å². The molecule has 5 rings (SSSR count). The average molecular weight is 533 g/mol. The first-order valence-electron chi connectivity index (χ1n) is 10.8. The molecule has 164 valence electrons. The summed E-state index contributed by atoms with van der Waals surface area (Å²) in [5, 5.41) is 7.65. The maximum atomic E-state index is 12.8. The minimum atomic E-state index is -0.128. The van der Waals surface area contributed by atoms with Gasteiger partial charge < -0.3 is 15.6 Å². The van der Waals surface area contributed by atoms with Gasteiger partial charge in [-0.05, 0) is 42.7 Å². The van der Waals surface area contributed by atoms with Crippen molar-refractivity contribution < 1.29 is 9.59 Å². The number of H-pyrrole nitrogens is 1. The van der Waals surface area contributed by atoms with Gasteiger partial charge in [0.2, 0.25) is 11.8 Å². The summed E-state index contributed by atoms with van der Waals surface area (Å²) < 4.78 is 0. The predicted octanol–water partition coefficient (Wildman–Crippen LogP) is 2.65. The van der Waals surface area contributed by atoms with E-state index in [9.17, 15) is 9.59 Å². The Morgan fingerprint density at radius 3 is 2.52 bits per heavy atom. The number of hydrogen-bond donors (Lipinski definition) is 3. The second-order valence-electron chi connectivity index (χ2n) is 8.33. The molecule has 0 radical (unpaired) electrons. The predicted molar refractivity (Wildman–Crippen MR) is 131 cm³/mol. The van der Waals surface area contributed by atoms with Gasteiger partial charge >= 0.3 is 0 Å². The van der Waals surface area contributed by atoms with Crippen LogP contribution in [-0.2, 0) is 16.1 Å². The SMILES string of the molecule is CCNC(=NCc1cc2ccccc2[nH]1)NCCN1C(=O)C2C3C=CC(C3)C2C1=O.I. The van der Waals surface area contributed by atoms with Crippen LogP contribution in [0.15, 0.2) is 47.5 Å². The molecule has 2 heterocycles. The van der Waals surface area contributed by atoms with E-state index in [0.29, 0.717) is 25.6 Å². The number of rotatable bonds is 6. The standard InChI is InChI=1S/C23H27N5O2.HI/c1-2-24-23(26-13-17-12-14-5-3-4-6-18(14)27-17)25-9-10-28-21(29)19-15-7-8-16(11-15)20(19)22(28)30;/h3-8,12,15-16,19-20,27H,2,9-11,13H2,1H3,(H2,24,25,26);1H. The van der Waals surface area contributed by atoms with Crippen LogP contribution in [0, 0.1) is 23.7 Å². The van der Waals surface area contributed by atoms with Gasteiger partial charge in [-0.15, -0.1) is 24.0 Å². The second-order valence-corrected chi connectivity index (χ2v) is 8.33. The largest absolute Gasteiger partial charge is 0.357 e. The summed E-state index contributed by atoms with van der Waals surface area (Å²) in [7, 11) is 0. The molecule has 31 heavy (non-hydrogen) atoms. The summed E-state index contributed by atoms with van der Waals surface area (Å²) in [6, 6.07) is 10.3. The number of fused-ring (bicyclic) bond motifs is 6. The number of aromatic amines is 1. The minimum Gasteiger partial charge on any atom is -0.357 e. The summed E-state index contributed by atoms with van der Waals surface area (Å²) in [5.74, 6) is 0.937. The molecule has 2 fully saturated rings. The fourth-order valence-corrected chi connectivity index (χ4v) is 5.20. The van der Waals surface area contributed by atoms with Crippen LogP contribution in [0.25, 0.3) is 10.9 Å². The quantitative estimate of drug-likeness (QED) is 0.175. The van der Waals surface area contributed by atoms with Crippen molar-refractivity contribution in [3.63, 3.8) is 0 Å². The lowest BCUT2D eigenvalue weighted by atomic mass is 9.85. The third-order valence-corrected chi connectivity index (χ3v) is 6.53. The monoisotopic (exact) mass is 533 g/mol. The summed E-state index contributed by atoms with van der Waals surface area (Å²) in [6.07, 6.45) is 5.21. The van der Waals surface area contributed by atoms with E-state index in [-0.39, 0.29) is 59.5 Å². The number of carbonyl (C=O) groups is 2. The van der Waals surface area contributed by atoms with E-state index < -0.39 is 0 Å². The summed E-state index contributed by atoms with van der Waals surface area (Å²) >= 11 is 0. The number of aromatic nitrogens is 1. The average Bonchev–Trinajstić information content (AvgIpc) is 3.51. The fourth-order valence-electron chi connectivity index (χ4n) is 5.20. The van der Waals surface area contributed by atoms with Gasteiger partial charge in [-0.3, -0.25) is 14.5 Å². The molecule has 1 aromatic heterocycles. The molecule has 2 aromatic rings. The molecule has 1 saturated carbocycles. The number of allylic oxidation sites excluding steroid dienone is 2. The number of guanidine groups is 1. The number of halogens is 1. The fraction of sp³-hybridized carbons (Fsp3) is 0.435. The van der Waals surface area contributed by atoms with Crippen molar-refractivity contribution in [1.29, 1.82) is 0 Å². The molecular formula is C23H28IN5O2. The van der Waals surface area contributed by atoms with Gasteiger partial charge in [-0.1, -0.05) is 30.4 Å². The lowest BCUT2D eigenvalue weighted by molar-refractivity contribution is -0.140. The molecule has 3 N–H and O–H groups in total. The first-order chi connectivity index (χ1) is 14.7. The first kappa shape index (κ1) is 21.9. The second kappa shape index (κ2) is 9.02. The summed E-state index contributed by atoms with van der Waals surface area (Å²) in [4.78, 5) is 35.0. The molecule has 8 heteroatoms. The molecule has 4 atom stereocenters. The lowest BCUT2D eigenvalue weighted by Gasteiger charge is -2.18. The Bertz CT molecular complexity index is 983. The Kier molecular flexibility index (Phi) is 6.36. The summed E-state index contributed by atoms with van der Waals surface area (Å²) in [5.41, 5.74) is 2.13. The van der Waals surface area contributed by atoms with E-state index in [1.165, 1.54) is 10.3 Å². The highest BCUT2D eigenvalue weighted by Gasteiger charge is 2.58. The number of amides is 2. The van der Waals surface area contributed by atoms with E-state index >= 15 is 0 Å². The van der Waals surface area contributed by atoms with Crippen molar-refractivity contribution >= 4 is 52.7 Å². The third kappa shape index (κ3) is 3.97. The zero-order valence-electron chi connectivity index (χ0n) is 17.5. The molecule has 0 spiro atoms. The lowest BCUT2D eigenvalue weighted by Crippen LogP contribution is -2.43. The van der Waals surface area contributed by atoms with Crippen LogP contribution in [0.2, 0.25) is 0 Å². The van der Waals surface area contributed by atoms with Crippen LogP contribution in [0.5, 0.6) is 0 Å². The van der Waals surface area contributed by atoms with Crippen molar-refractivity contribution in [2.24, 2.45) is 28.7 Å². The summed E-state index contributed by atoms with van der Waals surface area (Å²) in [6.45, 7) is 4.13. The van der Waals surface area contributed by atoms with Crippen molar-refractivity contribution in [1.82, 2.24) is 20.5 Å². The van der Waals surface area contributed by atoms with E-state index in [1.807, 2.05) is 25.1 Å². The van der Waals surface area contributed by atoms with Gasteiger partial charge in [0.15, 0.2) is 5.96 Å². The van der Waals surface area contributed by atoms with Gasteiger partial charge in [0.25, 0.3) is 0 Å². The highest BCUT2D eigenvalue weighted by Crippen LogP contribution is 2.52. The molecule has 2 amide bonds. The number of hydrogen-bond acceptors (Lipinski definition) is 3. The van der Waals surface area contributed by atoms with Gasteiger partial charge in [0.1, 0.15) is 0 Å². The first-order valence-corrected chi connectivity index (χ1v) is 10.8. The van der Waals surface area contributed by atoms with Crippen LogP contribution in [0.3, 0.4) is 0 Å². The molecule has 4 unspecified atom stereocenters. The number of nitrogens with one attached hydrogen (secondary N) is 3.